The Morgan fingerprint density at radius 2 is 2.00 bits per heavy atom. The quantitative estimate of drug-likeness (QED) is 0.611. The molecule has 0 aliphatic carbocycles. The number of aromatic nitrogens is 2. The topological polar surface area (TPSA) is 64.0 Å². The van der Waals surface area contributed by atoms with E-state index < -0.39 is 0 Å². The summed E-state index contributed by atoms with van der Waals surface area (Å²) in [6.45, 7) is 0. The SMILES string of the molecule is Cn1ccc(C(=O)Nc2nc3c(ccc4ccccc43)s2)cc1=O. The second-order valence-corrected chi connectivity index (χ2v) is 6.50. The first-order valence-corrected chi connectivity index (χ1v) is 8.20. The summed E-state index contributed by atoms with van der Waals surface area (Å²) in [5.41, 5.74) is 0.970. The summed E-state index contributed by atoms with van der Waals surface area (Å²) in [5, 5.41) is 5.47. The number of amides is 1. The fourth-order valence-electron chi connectivity index (χ4n) is 2.57. The fraction of sp³-hybridized carbons (Fsp3) is 0.0556. The van der Waals surface area contributed by atoms with Crippen molar-refractivity contribution in [2.24, 2.45) is 7.05 Å². The highest BCUT2D eigenvalue weighted by atomic mass is 32.1. The van der Waals surface area contributed by atoms with E-state index in [1.54, 1.807) is 19.3 Å². The van der Waals surface area contributed by atoms with Crippen molar-refractivity contribution < 1.29 is 4.79 Å². The molecule has 0 radical (unpaired) electrons. The first kappa shape index (κ1) is 14.6. The predicted molar refractivity (Wildman–Crippen MR) is 96.8 cm³/mol. The molecule has 0 spiro atoms. The molecule has 2 aromatic carbocycles. The van der Waals surface area contributed by atoms with Gasteiger partial charge >= 0.3 is 0 Å². The lowest BCUT2D eigenvalue weighted by atomic mass is 10.1. The van der Waals surface area contributed by atoms with E-state index in [4.69, 9.17) is 0 Å². The van der Waals surface area contributed by atoms with Crippen LogP contribution in [0.3, 0.4) is 0 Å². The predicted octanol–water partition coefficient (Wildman–Crippen LogP) is 3.40. The van der Waals surface area contributed by atoms with Crippen molar-refractivity contribution >= 4 is 43.4 Å². The van der Waals surface area contributed by atoms with Gasteiger partial charge in [-0.3, -0.25) is 14.9 Å². The molecule has 0 bridgehead atoms. The number of thiazole rings is 1. The van der Waals surface area contributed by atoms with E-state index in [9.17, 15) is 9.59 Å². The Kier molecular flexibility index (Phi) is 3.39. The number of benzene rings is 2. The van der Waals surface area contributed by atoms with Crippen LogP contribution in [-0.2, 0) is 7.05 Å². The zero-order chi connectivity index (χ0) is 16.7. The van der Waals surface area contributed by atoms with E-state index in [1.807, 2.05) is 36.4 Å². The molecule has 0 unspecified atom stereocenters. The Hall–Kier alpha value is -2.99. The van der Waals surface area contributed by atoms with E-state index in [0.717, 1.165) is 21.0 Å². The molecule has 2 heterocycles. The third-order valence-corrected chi connectivity index (χ3v) is 4.81. The van der Waals surface area contributed by atoms with Crippen LogP contribution in [0.15, 0.2) is 59.5 Å². The van der Waals surface area contributed by atoms with Gasteiger partial charge in [-0.2, -0.15) is 0 Å². The van der Waals surface area contributed by atoms with Gasteiger partial charge in [0.15, 0.2) is 5.13 Å². The van der Waals surface area contributed by atoms with Gasteiger partial charge in [0.05, 0.1) is 10.2 Å². The van der Waals surface area contributed by atoms with Crippen molar-refractivity contribution in [3.8, 4) is 0 Å². The zero-order valence-corrected chi connectivity index (χ0v) is 13.6. The molecule has 2 aromatic heterocycles. The second-order valence-electron chi connectivity index (χ2n) is 5.47. The summed E-state index contributed by atoms with van der Waals surface area (Å²) in [6.07, 6.45) is 1.57. The lowest BCUT2D eigenvalue weighted by molar-refractivity contribution is 0.102. The van der Waals surface area contributed by atoms with Crippen molar-refractivity contribution in [3.63, 3.8) is 0 Å². The number of fused-ring (bicyclic) bond motifs is 3. The van der Waals surface area contributed by atoms with Crippen LogP contribution in [0.1, 0.15) is 10.4 Å². The highest BCUT2D eigenvalue weighted by Crippen LogP contribution is 2.31. The summed E-state index contributed by atoms with van der Waals surface area (Å²) in [7, 11) is 1.64. The highest BCUT2D eigenvalue weighted by molar-refractivity contribution is 7.22. The van der Waals surface area contributed by atoms with Gasteiger partial charge in [0.25, 0.3) is 11.5 Å². The van der Waals surface area contributed by atoms with Crippen LogP contribution in [0.25, 0.3) is 21.0 Å². The van der Waals surface area contributed by atoms with Gasteiger partial charge in [0.2, 0.25) is 0 Å². The molecular formula is C18H13N3O2S. The van der Waals surface area contributed by atoms with Gasteiger partial charge in [-0.15, -0.1) is 0 Å². The van der Waals surface area contributed by atoms with Crippen LogP contribution in [-0.4, -0.2) is 15.5 Å². The Morgan fingerprint density at radius 1 is 1.17 bits per heavy atom. The van der Waals surface area contributed by atoms with Crippen LogP contribution in [0.2, 0.25) is 0 Å². The van der Waals surface area contributed by atoms with Gasteiger partial charge in [-0.1, -0.05) is 41.7 Å². The minimum absolute atomic E-state index is 0.224. The van der Waals surface area contributed by atoms with Gasteiger partial charge in [0, 0.05) is 30.3 Å². The molecule has 6 heteroatoms. The monoisotopic (exact) mass is 335 g/mol. The van der Waals surface area contributed by atoms with E-state index in [-0.39, 0.29) is 11.5 Å². The number of pyridine rings is 1. The van der Waals surface area contributed by atoms with Crippen LogP contribution in [0.4, 0.5) is 5.13 Å². The van der Waals surface area contributed by atoms with Crippen molar-refractivity contribution in [3.05, 3.63) is 70.6 Å². The number of anilines is 1. The number of nitrogens with zero attached hydrogens (tertiary/aromatic N) is 2. The molecule has 1 amide bonds. The van der Waals surface area contributed by atoms with Crippen LogP contribution in [0.5, 0.6) is 0 Å². The first-order valence-electron chi connectivity index (χ1n) is 7.38. The van der Waals surface area contributed by atoms with Crippen molar-refractivity contribution in [1.29, 1.82) is 0 Å². The molecule has 0 fully saturated rings. The van der Waals surface area contributed by atoms with Gasteiger partial charge in [0.1, 0.15) is 0 Å². The molecular weight excluding hydrogens is 322 g/mol. The number of carbonyl (C=O) groups is 1. The number of aryl methyl sites for hydroxylation is 1. The van der Waals surface area contributed by atoms with Gasteiger partial charge < -0.3 is 4.57 Å². The third-order valence-electron chi connectivity index (χ3n) is 3.87. The molecule has 118 valence electrons. The molecule has 0 aliphatic rings. The number of hydrogen-bond donors (Lipinski definition) is 1. The normalized spacial score (nSPS) is 11.0. The molecule has 5 nitrogen and oxygen atoms in total. The largest absolute Gasteiger partial charge is 0.319 e. The number of rotatable bonds is 2. The van der Waals surface area contributed by atoms with E-state index in [1.165, 1.54) is 22.0 Å². The molecule has 0 atom stereocenters. The highest BCUT2D eigenvalue weighted by Gasteiger charge is 2.12. The van der Waals surface area contributed by atoms with Crippen molar-refractivity contribution in [2.45, 2.75) is 0 Å². The maximum atomic E-state index is 12.3. The van der Waals surface area contributed by atoms with Gasteiger partial charge in [-0.25, -0.2) is 4.98 Å². The smallest absolute Gasteiger partial charge is 0.257 e. The van der Waals surface area contributed by atoms with Crippen LogP contribution in [0, 0.1) is 0 Å². The van der Waals surface area contributed by atoms with Gasteiger partial charge in [-0.05, 0) is 17.5 Å². The lowest BCUT2D eigenvalue weighted by Crippen LogP contribution is -2.19. The summed E-state index contributed by atoms with van der Waals surface area (Å²) in [6, 6.07) is 15.0. The first-order chi connectivity index (χ1) is 11.6. The molecule has 1 N–H and O–H groups in total. The molecule has 24 heavy (non-hydrogen) atoms. The average molecular weight is 335 g/mol. The number of carbonyl (C=O) groups excluding carboxylic acids is 1. The Bertz CT molecular complexity index is 1140. The van der Waals surface area contributed by atoms with E-state index >= 15 is 0 Å². The van der Waals surface area contributed by atoms with Crippen molar-refractivity contribution in [1.82, 2.24) is 9.55 Å². The third kappa shape index (κ3) is 2.47. The van der Waals surface area contributed by atoms with Crippen LogP contribution < -0.4 is 10.9 Å². The van der Waals surface area contributed by atoms with Crippen molar-refractivity contribution in [2.75, 3.05) is 5.32 Å². The maximum absolute atomic E-state index is 12.3. The minimum Gasteiger partial charge on any atom is -0.319 e. The number of hydrogen-bond acceptors (Lipinski definition) is 4. The van der Waals surface area contributed by atoms with Crippen LogP contribution >= 0.6 is 11.3 Å². The Labute approximate surface area is 141 Å². The fourth-order valence-corrected chi connectivity index (χ4v) is 3.45. The summed E-state index contributed by atoms with van der Waals surface area (Å²) in [5.74, 6) is -0.337. The maximum Gasteiger partial charge on any atom is 0.257 e. The summed E-state index contributed by atoms with van der Waals surface area (Å²) < 4.78 is 2.42. The molecule has 4 aromatic rings. The summed E-state index contributed by atoms with van der Waals surface area (Å²) in [4.78, 5) is 28.5. The Balaban J connectivity index is 1.71. The molecule has 4 rings (SSSR count). The number of nitrogens with one attached hydrogen (secondary N) is 1. The summed E-state index contributed by atoms with van der Waals surface area (Å²) >= 11 is 1.42. The molecule has 0 aliphatic heterocycles. The minimum atomic E-state index is -0.337. The zero-order valence-electron chi connectivity index (χ0n) is 12.8. The Morgan fingerprint density at radius 3 is 2.83 bits per heavy atom. The van der Waals surface area contributed by atoms with E-state index in [2.05, 4.69) is 10.3 Å². The molecule has 0 saturated carbocycles. The standard InChI is InChI=1S/C18H13N3O2S/c1-21-9-8-12(10-15(21)22)17(23)20-18-19-16-13-5-3-2-4-11(13)6-7-14(16)24-18/h2-10H,1H3,(H,19,20,23). The molecule has 0 saturated heterocycles. The lowest BCUT2D eigenvalue weighted by Gasteiger charge is -2.02. The second kappa shape index (κ2) is 5.58. The average Bonchev–Trinajstić information content (AvgIpc) is 3.00. The van der Waals surface area contributed by atoms with E-state index in [0.29, 0.717) is 10.7 Å².